The number of benzene rings is 2. The molecular formula is C22H16F3N5O. The predicted molar refractivity (Wildman–Crippen MR) is 105 cm³/mol. The highest BCUT2D eigenvalue weighted by Crippen LogP contribution is 2.33. The number of rotatable bonds is 6. The van der Waals surface area contributed by atoms with Crippen molar-refractivity contribution in [1.82, 2.24) is 15.1 Å². The number of nitriles is 2. The van der Waals surface area contributed by atoms with Crippen LogP contribution in [0.3, 0.4) is 0 Å². The van der Waals surface area contributed by atoms with Gasteiger partial charge in [-0.1, -0.05) is 0 Å². The quantitative estimate of drug-likeness (QED) is 0.607. The summed E-state index contributed by atoms with van der Waals surface area (Å²) in [6.45, 7) is 0.390. The van der Waals surface area contributed by atoms with Crippen molar-refractivity contribution in [2.45, 2.75) is 19.0 Å². The van der Waals surface area contributed by atoms with Crippen LogP contribution in [0.25, 0.3) is 5.69 Å². The highest BCUT2D eigenvalue weighted by atomic mass is 19.4. The third-order valence-electron chi connectivity index (χ3n) is 4.51. The van der Waals surface area contributed by atoms with Gasteiger partial charge in [-0.3, -0.25) is 4.79 Å². The minimum absolute atomic E-state index is 0.201. The first kappa shape index (κ1) is 21.6. The largest absolute Gasteiger partial charge is 0.417 e. The van der Waals surface area contributed by atoms with Gasteiger partial charge in [-0.2, -0.15) is 28.8 Å². The van der Waals surface area contributed by atoms with Crippen molar-refractivity contribution in [2.24, 2.45) is 0 Å². The van der Waals surface area contributed by atoms with Crippen LogP contribution in [0, 0.1) is 22.7 Å². The summed E-state index contributed by atoms with van der Waals surface area (Å²) in [5, 5.41) is 24.7. The summed E-state index contributed by atoms with van der Waals surface area (Å²) in [6, 6.07) is 14.9. The molecular weight excluding hydrogens is 407 g/mol. The molecule has 1 amide bonds. The summed E-state index contributed by atoms with van der Waals surface area (Å²) >= 11 is 0. The van der Waals surface area contributed by atoms with Crippen molar-refractivity contribution in [3.05, 3.63) is 82.7 Å². The number of carbonyl (C=O) groups excluding carboxylic acids is 1. The normalized spacial score (nSPS) is 10.9. The lowest BCUT2D eigenvalue weighted by molar-refractivity contribution is -0.137. The van der Waals surface area contributed by atoms with Crippen LogP contribution < -0.4 is 5.32 Å². The molecule has 9 heteroatoms. The number of aryl methyl sites for hydroxylation is 1. The third kappa shape index (κ3) is 5.28. The molecule has 0 aliphatic heterocycles. The van der Waals surface area contributed by atoms with E-state index in [1.807, 2.05) is 6.07 Å². The number of carbonyl (C=O) groups is 1. The first-order chi connectivity index (χ1) is 14.8. The number of aromatic nitrogens is 2. The number of nitrogens with zero attached hydrogens (tertiary/aromatic N) is 4. The van der Waals surface area contributed by atoms with Gasteiger partial charge >= 0.3 is 6.18 Å². The van der Waals surface area contributed by atoms with Gasteiger partial charge in [0.2, 0.25) is 0 Å². The molecule has 0 aliphatic rings. The van der Waals surface area contributed by atoms with Crippen LogP contribution >= 0.6 is 0 Å². The van der Waals surface area contributed by atoms with Gasteiger partial charge in [-0.25, -0.2) is 4.68 Å². The van der Waals surface area contributed by atoms with Crippen molar-refractivity contribution in [3.63, 3.8) is 0 Å². The van der Waals surface area contributed by atoms with Crippen molar-refractivity contribution in [1.29, 1.82) is 10.5 Å². The summed E-state index contributed by atoms with van der Waals surface area (Å²) in [4.78, 5) is 12.1. The van der Waals surface area contributed by atoms with E-state index in [0.717, 1.165) is 12.1 Å². The Morgan fingerprint density at radius 1 is 1.06 bits per heavy atom. The van der Waals surface area contributed by atoms with Gasteiger partial charge in [-0.15, -0.1) is 0 Å². The van der Waals surface area contributed by atoms with E-state index in [9.17, 15) is 18.0 Å². The lowest BCUT2D eigenvalue weighted by Gasteiger charge is -2.10. The molecule has 0 unspecified atom stereocenters. The van der Waals surface area contributed by atoms with E-state index in [-0.39, 0.29) is 11.6 Å². The van der Waals surface area contributed by atoms with Crippen LogP contribution in [-0.2, 0) is 12.6 Å². The zero-order chi connectivity index (χ0) is 22.4. The lowest BCUT2D eigenvalue weighted by atomic mass is 10.1. The minimum Gasteiger partial charge on any atom is -0.352 e. The summed E-state index contributed by atoms with van der Waals surface area (Å²) in [5.41, 5.74) is 0.329. The molecule has 0 aliphatic carbocycles. The molecule has 2 aromatic carbocycles. The molecule has 1 N–H and O–H groups in total. The van der Waals surface area contributed by atoms with Gasteiger partial charge in [0.15, 0.2) is 0 Å². The standard InChI is InChI=1S/C22H16F3N5O/c23-22(24,25)20-12-19(8-7-17(20)14-27)30-11-9-18(29-30)2-1-10-28-21(31)16-5-3-15(13-26)4-6-16/h3-9,11-12H,1-2,10H2,(H,28,31). The maximum absolute atomic E-state index is 13.1. The van der Waals surface area contributed by atoms with E-state index in [2.05, 4.69) is 10.4 Å². The van der Waals surface area contributed by atoms with Crippen molar-refractivity contribution >= 4 is 5.91 Å². The van der Waals surface area contributed by atoms with Gasteiger partial charge in [0, 0.05) is 18.3 Å². The van der Waals surface area contributed by atoms with Gasteiger partial charge in [-0.05, 0) is 61.4 Å². The van der Waals surface area contributed by atoms with E-state index < -0.39 is 17.3 Å². The van der Waals surface area contributed by atoms with Crippen LogP contribution in [0.5, 0.6) is 0 Å². The third-order valence-corrected chi connectivity index (χ3v) is 4.51. The van der Waals surface area contributed by atoms with Gasteiger partial charge in [0.1, 0.15) is 0 Å². The van der Waals surface area contributed by atoms with Crippen LogP contribution in [0.1, 0.15) is 39.2 Å². The van der Waals surface area contributed by atoms with Crippen molar-refractivity contribution in [3.8, 4) is 17.8 Å². The Balaban J connectivity index is 1.57. The fraction of sp³-hybridized carbons (Fsp3) is 0.182. The molecule has 3 aromatic rings. The fourth-order valence-corrected chi connectivity index (χ4v) is 2.92. The summed E-state index contributed by atoms with van der Waals surface area (Å²) in [5.74, 6) is -0.257. The van der Waals surface area contributed by atoms with Crippen LogP contribution in [0.15, 0.2) is 54.7 Å². The number of halogens is 3. The Morgan fingerprint density at radius 3 is 2.45 bits per heavy atom. The fourth-order valence-electron chi connectivity index (χ4n) is 2.92. The molecule has 0 bridgehead atoms. The zero-order valence-corrected chi connectivity index (χ0v) is 16.1. The Morgan fingerprint density at radius 2 is 1.81 bits per heavy atom. The monoisotopic (exact) mass is 423 g/mol. The molecule has 0 spiro atoms. The molecule has 0 radical (unpaired) electrons. The van der Waals surface area contributed by atoms with Gasteiger partial charge in [0.25, 0.3) is 5.91 Å². The Bertz CT molecular complexity index is 1170. The number of alkyl halides is 3. The molecule has 0 saturated carbocycles. The van der Waals surface area contributed by atoms with E-state index in [1.54, 1.807) is 42.6 Å². The van der Waals surface area contributed by atoms with E-state index >= 15 is 0 Å². The molecule has 0 atom stereocenters. The Labute approximate surface area is 176 Å². The second-order valence-corrected chi connectivity index (χ2v) is 6.64. The second-order valence-electron chi connectivity index (χ2n) is 6.64. The summed E-state index contributed by atoms with van der Waals surface area (Å²) < 4.78 is 40.7. The zero-order valence-electron chi connectivity index (χ0n) is 16.1. The number of amides is 1. The average molecular weight is 423 g/mol. The molecule has 3 rings (SSSR count). The molecule has 0 saturated heterocycles. The Hall–Kier alpha value is -4.11. The first-order valence-corrected chi connectivity index (χ1v) is 9.26. The molecule has 31 heavy (non-hydrogen) atoms. The SMILES string of the molecule is N#Cc1ccc(C(=O)NCCCc2ccn(-c3ccc(C#N)c(C(F)(F)F)c3)n2)cc1. The minimum atomic E-state index is -4.63. The highest BCUT2D eigenvalue weighted by molar-refractivity contribution is 5.94. The molecule has 6 nitrogen and oxygen atoms in total. The molecule has 1 aromatic heterocycles. The van der Waals surface area contributed by atoms with E-state index in [1.165, 1.54) is 10.7 Å². The van der Waals surface area contributed by atoms with Crippen molar-refractivity contribution in [2.75, 3.05) is 6.54 Å². The first-order valence-electron chi connectivity index (χ1n) is 9.26. The summed E-state index contributed by atoms with van der Waals surface area (Å²) in [7, 11) is 0. The smallest absolute Gasteiger partial charge is 0.352 e. The lowest BCUT2D eigenvalue weighted by Crippen LogP contribution is -2.24. The maximum atomic E-state index is 13.1. The number of hydrogen-bond acceptors (Lipinski definition) is 4. The van der Waals surface area contributed by atoms with Crippen LogP contribution in [-0.4, -0.2) is 22.2 Å². The van der Waals surface area contributed by atoms with E-state index in [4.69, 9.17) is 10.5 Å². The molecule has 0 fully saturated rings. The highest BCUT2D eigenvalue weighted by Gasteiger charge is 2.34. The second kappa shape index (κ2) is 9.14. The predicted octanol–water partition coefficient (Wildman–Crippen LogP) is 4.00. The van der Waals surface area contributed by atoms with Crippen LogP contribution in [0.2, 0.25) is 0 Å². The topological polar surface area (TPSA) is 94.5 Å². The average Bonchev–Trinajstić information content (AvgIpc) is 3.24. The number of nitrogens with one attached hydrogen (secondary N) is 1. The molecule has 156 valence electrons. The Kier molecular flexibility index (Phi) is 6.37. The van der Waals surface area contributed by atoms with Gasteiger partial charge in [0.05, 0.1) is 40.2 Å². The maximum Gasteiger partial charge on any atom is 0.417 e. The van der Waals surface area contributed by atoms with E-state index in [0.29, 0.717) is 36.2 Å². The molecule has 1 heterocycles. The summed E-state index contributed by atoms with van der Waals surface area (Å²) in [6.07, 6.45) is -1.99. The van der Waals surface area contributed by atoms with Crippen LogP contribution in [0.4, 0.5) is 13.2 Å². The van der Waals surface area contributed by atoms with Crippen molar-refractivity contribution < 1.29 is 18.0 Å². The number of hydrogen-bond donors (Lipinski definition) is 1. The van der Waals surface area contributed by atoms with Gasteiger partial charge < -0.3 is 5.32 Å².